The maximum atomic E-state index is 5.96. The molecule has 0 aliphatic carbocycles. The number of benzene rings is 3. The summed E-state index contributed by atoms with van der Waals surface area (Å²) in [5.41, 5.74) is 7.60. The monoisotopic (exact) mass is 361 g/mol. The first kappa shape index (κ1) is 14.2. The molecule has 4 heteroatoms. The predicted octanol–water partition coefficient (Wildman–Crippen LogP) is 5.42. The summed E-state index contributed by atoms with van der Waals surface area (Å²) in [4.78, 5) is 0. The zero-order valence-electron chi connectivity index (χ0n) is 11.1. The molecule has 0 saturated carbocycles. The van der Waals surface area contributed by atoms with Gasteiger partial charge in [-0.25, -0.2) is 0 Å². The lowest BCUT2D eigenvalue weighted by molar-refractivity contribution is 0.307. The Labute approximate surface area is 136 Å². The van der Waals surface area contributed by atoms with Gasteiger partial charge in [0.15, 0.2) is 5.75 Å². The molecule has 0 saturated heterocycles. The van der Waals surface area contributed by atoms with Crippen molar-refractivity contribution in [3.63, 3.8) is 0 Å². The Hall–Kier alpha value is -1.71. The van der Waals surface area contributed by atoms with Gasteiger partial charge in [-0.1, -0.05) is 54.1 Å². The average Bonchev–Trinajstić information content (AvgIpc) is 2.46. The number of halogens is 2. The Morgan fingerprint density at radius 2 is 1.81 bits per heavy atom. The van der Waals surface area contributed by atoms with E-state index in [-0.39, 0.29) is 0 Å². The van der Waals surface area contributed by atoms with E-state index in [4.69, 9.17) is 22.1 Å². The standard InChI is InChI=1S/C17H13BrClNO/c18-15-8-13(19)9-16(20)17(15)21-10-12-6-3-5-11-4-1-2-7-14(11)12/h1-9H,10,20H2. The van der Waals surface area contributed by atoms with Crippen LogP contribution in [0.3, 0.4) is 0 Å². The maximum Gasteiger partial charge on any atom is 0.156 e. The minimum Gasteiger partial charge on any atom is -0.486 e. The molecule has 0 bridgehead atoms. The van der Waals surface area contributed by atoms with Crippen molar-refractivity contribution < 1.29 is 4.74 Å². The minimum absolute atomic E-state index is 0.450. The van der Waals surface area contributed by atoms with Gasteiger partial charge in [0, 0.05) is 5.02 Å². The first-order chi connectivity index (χ1) is 10.1. The van der Waals surface area contributed by atoms with Crippen molar-refractivity contribution in [3.05, 3.63) is 69.7 Å². The molecule has 106 valence electrons. The molecule has 3 aromatic carbocycles. The fourth-order valence-corrected chi connectivity index (χ4v) is 3.25. The molecule has 3 rings (SSSR count). The molecule has 0 heterocycles. The number of ether oxygens (including phenoxy) is 1. The van der Waals surface area contributed by atoms with E-state index in [1.54, 1.807) is 12.1 Å². The molecule has 0 amide bonds. The lowest BCUT2D eigenvalue weighted by Crippen LogP contribution is -2.00. The Bertz CT molecular complexity index is 775. The van der Waals surface area contributed by atoms with Crippen LogP contribution in [0.15, 0.2) is 59.1 Å². The molecule has 0 aromatic heterocycles. The van der Waals surface area contributed by atoms with Gasteiger partial charge in [0.1, 0.15) is 6.61 Å². The number of hydrogen-bond donors (Lipinski definition) is 1. The molecule has 0 aliphatic heterocycles. The van der Waals surface area contributed by atoms with Gasteiger partial charge in [-0.15, -0.1) is 0 Å². The zero-order valence-corrected chi connectivity index (χ0v) is 13.5. The zero-order chi connectivity index (χ0) is 14.8. The van der Waals surface area contributed by atoms with E-state index in [9.17, 15) is 0 Å². The Morgan fingerprint density at radius 3 is 2.62 bits per heavy atom. The van der Waals surface area contributed by atoms with Crippen LogP contribution in [0.5, 0.6) is 5.75 Å². The van der Waals surface area contributed by atoms with Gasteiger partial charge in [0.05, 0.1) is 10.2 Å². The van der Waals surface area contributed by atoms with E-state index >= 15 is 0 Å². The van der Waals surface area contributed by atoms with Crippen molar-refractivity contribution >= 4 is 44.0 Å². The van der Waals surface area contributed by atoms with E-state index in [1.165, 1.54) is 10.8 Å². The molecule has 2 N–H and O–H groups in total. The van der Waals surface area contributed by atoms with Crippen LogP contribution < -0.4 is 10.5 Å². The highest BCUT2D eigenvalue weighted by Gasteiger charge is 2.09. The van der Waals surface area contributed by atoms with Gasteiger partial charge in [-0.3, -0.25) is 0 Å². The van der Waals surface area contributed by atoms with Crippen LogP contribution in [0.1, 0.15) is 5.56 Å². The third-order valence-electron chi connectivity index (χ3n) is 3.29. The third-order valence-corrected chi connectivity index (χ3v) is 4.10. The molecule has 21 heavy (non-hydrogen) atoms. The summed E-state index contributed by atoms with van der Waals surface area (Å²) in [5, 5.41) is 2.96. The Kier molecular flexibility index (Phi) is 4.04. The topological polar surface area (TPSA) is 35.2 Å². The average molecular weight is 363 g/mol. The number of rotatable bonds is 3. The quantitative estimate of drug-likeness (QED) is 0.632. The second kappa shape index (κ2) is 5.96. The fourth-order valence-electron chi connectivity index (χ4n) is 2.30. The highest BCUT2D eigenvalue weighted by molar-refractivity contribution is 9.10. The molecule has 0 atom stereocenters. The summed E-state index contributed by atoms with van der Waals surface area (Å²) in [6.45, 7) is 0.450. The predicted molar refractivity (Wildman–Crippen MR) is 91.8 cm³/mol. The lowest BCUT2D eigenvalue weighted by atomic mass is 10.1. The molecule has 0 radical (unpaired) electrons. The molecular weight excluding hydrogens is 350 g/mol. The van der Waals surface area contributed by atoms with Crippen molar-refractivity contribution in [2.75, 3.05) is 5.73 Å². The first-order valence-electron chi connectivity index (χ1n) is 6.49. The van der Waals surface area contributed by atoms with Crippen LogP contribution in [-0.2, 0) is 6.61 Å². The molecule has 0 unspecified atom stereocenters. The van der Waals surface area contributed by atoms with Crippen LogP contribution in [-0.4, -0.2) is 0 Å². The normalized spacial score (nSPS) is 10.8. The van der Waals surface area contributed by atoms with E-state index in [0.717, 1.165) is 10.0 Å². The van der Waals surface area contributed by atoms with Crippen LogP contribution in [0.25, 0.3) is 10.8 Å². The highest BCUT2D eigenvalue weighted by Crippen LogP contribution is 2.35. The number of fused-ring (bicyclic) bond motifs is 1. The SMILES string of the molecule is Nc1cc(Cl)cc(Br)c1OCc1cccc2ccccc12. The maximum absolute atomic E-state index is 5.96. The van der Waals surface area contributed by atoms with Crippen LogP contribution in [0, 0.1) is 0 Å². The summed E-state index contributed by atoms with van der Waals surface area (Å²) >= 11 is 9.38. The van der Waals surface area contributed by atoms with Gasteiger partial charge in [0.2, 0.25) is 0 Å². The van der Waals surface area contributed by atoms with Gasteiger partial charge in [-0.05, 0) is 44.4 Å². The van der Waals surface area contributed by atoms with Crippen molar-refractivity contribution in [2.45, 2.75) is 6.61 Å². The van der Waals surface area contributed by atoms with Crippen molar-refractivity contribution in [3.8, 4) is 5.75 Å². The Morgan fingerprint density at radius 1 is 1.05 bits per heavy atom. The molecule has 0 spiro atoms. The molecule has 0 fully saturated rings. The third kappa shape index (κ3) is 2.99. The molecule has 2 nitrogen and oxygen atoms in total. The smallest absolute Gasteiger partial charge is 0.156 e. The van der Waals surface area contributed by atoms with E-state index in [1.807, 2.05) is 18.2 Å². The largest absolute Gasteiger partial charge is 0.486 e. The lowest BCUT2D eigenvalue weighted by Gasteiger charge is -2.13. The highest BCUT2D eigenvalue weighted by atomic mass is 79.9. The number of anilines is 1. The summed E-state index contributed by atoms with van der Waals surface area (Å²) in [5.74, 6) is 0.618. The van der Waals surface area contributed by atoms with Crippen molar-refractivity contribution in [1.82, 2.24) is 0 Å². The van der Waals surface area contributed by atoms with Crippen molar-refractivity contribution in [1.29, 1.82) is 0 Å². The Balaban J connectivity index is 1.91. The van der Waals surface area contributed by atoms with Crippen LogP contribution >= 0.6 is 27.5 Å². The second-order valence-corrected chi connectivity index (χ2v) is 6.02. The molecular formula is C17H13BrClNO. The van der Waals surface area contributed by atoms with Crippen LogP contribution in [0.2, 0.25) is 5.02 Å². The van der Waals surface area contributed by atoms with Gasteiger partial charge in [-0.2, -0.15) is 0 Å². The molecule has 0 aliphatic rings. The summed E-state index contributed by atoms with van der Waals surface area (Å²) in [6.07, 6.45) is 0. The van der Waals surface area contributed by atoms with Gasteiger partial charge in [0.25, 0.3) is 0 Å². The summed E-state index contributed by atoms with van der Waals surface area (Å²) < 4.78 is 6.64. The summed E-state index contributed by atoms with van der Waals surface area (Å²) in [6, 6.07) is 17.9. The molecule has 3 aromatic rings. The number of nitrogen functional groups attached to an aromatic ring is 1. The number of hydrogen-bond acceptors (Lipinski definition) is 2. The van der Waals surface area contributed by atoms with E-state index in [0.29, 0.717) is 23.1 Å². The minimum atomic E-state index is 0.450. The van der Waals surface area contributed by atoms with Gasteiger partial charge < -0.3 is 10.5 Å². The first-order valence-corrected chi connectivity index (χ1v) is 7.66. The van der Waals surface area contributed by atoms with Crippen LogP contribution in [0.4, 0.5) is 5.69 Å². The van der Waals surface area contributed by atoms with E-state index < -0.39 is 0 Å². The van der Waals surface area contributed by atoms with Gasteiger partial charge >= 0.3 is 0 Å². The van der Waals surface area contributed by atoms with Crippen molar-refractivity contribution in [2.24, 2.45) is 0 Å². The van der Waals surface area contributed by atoms with E-state index in [2.05, 4.69) is 40.2 Å². The fraction of sp³-hybridized carbons (Fsp3) is 0.0588. The number of nitrogens with two attached hydrogens (primary N) is 1. The summed E-state index contributed by atoms with van der Waals surface area (Å²) in [7, 11) is 0. The second-order valence-electron chi connectivity index (χ2n) is 4.73.